The molecule has 3 heteroatoms. The van der Waals surface area contributed by atoms with E-state index in [0.717, 1.165) is 0 Å². The van der Waals surface area contributed by atoms with Gasteiger partial charge in [-0.05, 0) is 64.3 Å². The van der Waals surface area contributed by atoms with Gasteiger partial charge in [0.05, 0.1) is 0 Å². The molecule has 1 fully saturated rings. The van der Waals surface area contributed by atoms with Crippen LogP contribution in [0.3, 0.4) is 0 Å². The van der Waals surface area contributed by atoms with Crippen LogP contribution in [-0.2, 0) is 0 Å². The van der Waals surface area contributed by atoms with Crippen molar-refractivity contribution in [1.29, 1.82) is 0 Å². The van der Waals surface area contributed by atoms with E-state index in [2.05, 4.69) is 68.2 Å². The number of nitrogens with one attached hydrogen (secondary N) is 1. The molecular weight excluding hydrogens is 258 g/mol. The first-order chi connectivity index (χ1) is 9.97. The smallest absolute Gasteiger partial charge is 0.0411 e. The molecule has 1 N–H and O–H groups in total. The molecule has 0 aliphatic carbocycles. The van der Waals surface area contributed by atoms with E-state index in [0.29, 0.717) is 12.1 Å². The molecule has 1 saturated heterocycles. The molecule has 0 amide bonds. The van der Waals surface area contributed by atoms with Crippen molar-refractivity contribution in [2.45, 2.75) is 52.1 Å². The predicted molar refractivity (Wildman–Crippen MR) is 93.5 cm³/mol. The maximum Gasteiger partial charge on any atom is 0.0411 e. The lowest BCUT2D eigenvalue weighted by Crippen LogP contribution is -2.32. The van der Waals surface area contributed by atoms with Crippen LogP contribution in [0.15, 0.2) is 18.2 Å². The number of hydrogen-bond donors (Lipinski definition) is 1. The number of benzene rings is 1. The van der Waals surface area contributed by atoms with E-state index in [4.69, 9.17) is 0 Å². The van der Waals surface area contributed by atoms with E-state index >= 15 is 0 Å². The molecule has 118 valence electrons. The summed E-state index contributed by atoms with van der Waals surface area (Å²) in [5, 5.41) is 3.75. The van der Waals surface area contributed by atoms with Gasteiger partial charge in [-0.15, -0.1) is 0 Å². The molecule has 0 saturated carbocycles. The first-order valence-corrected chi connectivity index (χ1v) is 8.26. The van der Waals surface area contributed by atoms with Crippen LogP contribution in [0.2, 0.25) is 0 Å². The summed E-state index contributed by atoms with van der Waals surface area (Å²) < 4.78 is 0. The Morgan fingerprint density at radius 1 is 1.19 bits per heavy atom. The molecule has 1 unspecified atom stereocenters. The van der Waals surface area contributed by atoms with E-state index in [9.17, 15) is 0 Å². The fourth-order valence-corrected chi connectivity index (χ4v) is 3.20. The average molecular weight is 289 g/mol. The van der Waals surface area contributed by atoms with Crippen molar-refractivity contribution in [2.75, 3.05) is 37.4 Å². The van der Waals surface area contributed by atoms with E-state index in [1.165, 1.54) is 49.3 Å². The van der Waals surface area contributed by atoms with Crippen LogP contribution >= 0.6 is 0 Å². The predicted octanol–water partition coefficient (Wildman–Crippen LogP) is 3.74. The van der Waals surface area contributed by atoms with Crippen molar-refractivity contribution >= 4 is 11.4 Å². The van der Waals surface area contributed by atoms with Crippen LogP contribution in [0, 0.1) is 6.92 Å². The average Bonchev–Trinajstić information content (AvgIpc) is 2.66. The van der Waals surface area contributed by atoms with Crippen molar-refractivity contribution in [3.63, 3.8) is 0 Å². The van der Waals surface area contributed by atoms with Gasteiger partial charge >= 0.3 is 0 Å². The third-order valence-corrected chi connectivity index (χ3v) is 4.55. The number of aryl methyl sites for hydroxylation is 1. The summed E-state index contributed by atoms with van der Waals surface area (Å²) in [7, 11) is 4.22. The minimum atomic E-state index is 0.603. The summed E-state index contributed by atoms with van der Waals surface area (Å²) in [6.07, 6.45) is 3.81. The molecule has 0 radical (unpaired) electrons. The molecule has 1 aliphatic rings. The highest BCUT2D eigenvalue weighted by Crippen LogP contribution is 2.24. The molecule has 0 bridgehead atoms. The Morgan fingerprint density at radius 2 is 1.95 bits per heavy atom. The minimum Gasteiger partial charge on any atom is -0.382 e. The second kappa shape index (κ2) is 7.17. The van der Waals surface area contributed by atoms with Gasteiger partial charge in [0.2, 0.25) is 0 Å². The molecule has 1 heterocycles. The summed E-state index contributed by atoms with van der Waals surface area (Å²) in [5.41, 5.74) is 3.89. The second-order valence-corrected chi connectivity index (χ2v) is 6.80. The number of rotatable bonds is 4. The van der Waals surface area contributed by atoms with Crippen LogP contribution < -0.4 is 10.2 Å². The number of anilines is 2. The third-order valence-electron chi connectivity index (χ3n) is 4.55. The van der Waals surface area contributed by atoms with E-state index in [-0.39, 0.29) is 0 Å². The van der Waals surface area contributed by atoms with Crippen LogP contribution in [0.1, 0.15) is 38.7 Å². The zero-order chi connectivity index (χ0) is 15.4. The van der Waals surface area contributed by atoms with Crippen molar-refractivity contribution in [2.24, 2.45) is 0 Å². The van der Waals surface area contributed by atoms with Gasteiger partial charge < -0.3 is 15.1 Å². The third kappa shape index (κ3) is 4.37. The van der Waals surface area contributed by atoms with Crippen molar-refractivity contribution in [3.8, 4) is 0 Å². The highest BCUT2D eigenvalue weighted by Gasteiger charge is 2.18. The highest BCUT2D eigenvalue weighted by molar-refractivity contribution is 5.62. The normalized spacial score (nSPS) is 20.4. The fraction of sp³-hybridized carbons (Fsp3) is 0.667. The molecule has 3 nitrogen and oxygen atoms in total. The molecule has 1 aliphatic heterocycles. The van der Waals surface area contributed by atoms with Crippen LogP contribution in [0.5, 0.6) is 0 Å². The largest absolute Gasteiger partial charge is 0.382 e. The Kier molecular flexibility index (Phi) is 5.51. The minimum absolute atomic E-state index is 0.603. The molecule has 1 aromatic carbocycles. The topological polar surface area (TPSA) is 18.5 Å². The van der Waals surface area contributed by atoms with Crippen molar-refractivity contribution in [1.82, 2.24) is 4.90 Å². The molecular formula is C18H31N3. The van der Waals surface area contributed by atoms with Gasteiger partial charge in [-0.3, -0.25) is 0 Å². The maximum atomic E-state index is 3.75. The summed E-state index contributed by atoms with van der Waals surface area (Å²) in [5.74, 6) is 0. The maximum absolute atomic E-state index is 3.75. The van der Waals surface area contributed by atoms with Gasteiger partial charge in [-0.25, -0.2) is 0 Å². The standard InChI is InChI=1S/C18H31N3/c1-14(2)21-11-6-7-16(10-12-21)19-17-9-8-15(3)18(13-17)20(4)5/h8-9,13-14,16,19H,6-7,10-12H2,1-5H3. The van der Waals surface area contributed by atoms with E-state index in [1.807, 2.05) is 0 Å². The van der Waals surface area contributed by atoms with Gasteiger partial charge in [-0.2, -0.15) is 0 Å². The Hall–Kier alpha value is -1.22. The number of likely N-dealkylation sites (tertiary alicyclic amines) is 1. The van der Waals surface area contributed by atoms with Gasteiger partial charge in [0.15, 0.2) is 0 Å². The Morgan fingerprint density at radius 3 is 2.62 bits per heavy atom. The summed E-state index contributed by atoms with van der Waals surface area (Å²) in [4.78, 5) is 4.79. The van der Waals surface area contributed by atoms with Crippen LogP contribution in [0.25, 0.3) is 0 Å². The summed E-state index contributed by atoms with van der Waals surface area (Å²) in [6, 6.07) is 7.98. The van der Waals surface area contributed by atoms with Gasteiger partial charge in [0.1, 0.15) is 0 Å². The second-order valence-electron chi connectivity index (χ2n) is 6.80. The first-order valence-electron chi connectivity index (χ1n) is 8.26. The Balaban J connectivity index is 2.00. The molecule has 21 heavy (non-hydrogen) atoms. The lowest BCUT2D eigenvalue weighted by atomic mass is 10.1. The van der Waals surface area contributed by atoms with Gasteiger partial charge in [0.25, 0.3) is 0 Å². The Bertz CT molecular complexity index is 454. The van der Waals surface area contributed by atoms with E-state index < -0.39 is 0 Å². The highest BCUT2D eigenvalue weighted by atomic mass is 15.1. The monoisotopic (exact) mass is 289 g/mol. The van der Waals surface area contributed by atoms with Gasteiger partial charge in [-0.1, -0.05) is 6.07 Å². The van der Waals surface area contributed by atoms with Crippen LogP contribution in [0.4, 0.5) is 11.4 Å². The van der Waals surface area contributed by atoms with Gasteiger partial charge in [0, 0.05) is 44.1 Å². The molecule has 1 atom stereocenters. The van der Waals surface area contributed by atoms with Crippen LogP contribution in [-0.4, -0.2) is 44.2 Å². The van der Waals surface area contributed by atoms with E-state index in [1.54, 1.807) is 0 Å². The first kappa shape index (κ1) is 16.2. The lowest BCUT2D eigenvalue weighted by Gasteiger charge is -2.24. The summed E-state index contributed by atoms with van der Waals surface area (Å²) >= 11 is 0. The number of nitrogens with zero attached hydrogens (tertiary/aromatic N) is 2. The molecule has 0 spiro atoms. The fourth-order valence-electron chi connectivity index (χ4n) is 3.20. The quantitative estimate of drug-likeness (QED) is 0.911. The molecule has 1 aromatic rings. The zero-order valence-corrected chi connectivity index (χ0v) is 14.3. The number of hydrogen-bond acceptors (Lipinski definition) is 3. The SMILES string of the molecule is Cc1ccc(NC2CCCN(C(C)C)CC2)cc1N(C)C. The van der Waals surface area contributed by atoms with Crippen molar-refractivity contribution < 1.29 is 0 Å². The zero-order valence-electron chi connectivity index (χ0n) is 14.3. The molecule has 0 aromatic heterocycles. The molecule has 2 rings (SSSR count). The summed E-state index contributed by atoms with van der Waals surface area (Å²) in [6.45, 7) is 9.23. The van der Waals surface area contributed by atoms with Crippen molar-refractivity contribution in [3.05, 3.63) is 23.8 Å². The Labute approximate surface area is 130 Å². The lowest BCUT2D eigenvalue weighted by molar-refractivity contribution is 0.230.